The molecule has 0 aliphatic heterocycles. The number of hydrogen-bond donors (Lipinski definition) is 0. The van der Waals surface area contributed by atoms with Crippen molar-refractivity contribution in [2.75, 3.05) is 0 Å². The lowest BCUT2D eigenvalue weighted by Gasteiger charge is -1.99. The summed E-state index contributed by atoms with van der Waals surface area (Å²) in [5, 5.41) is 0.624. The van der Waals surface area contributed by atoms with E-state index in [9.17, 15) is 4.79 Å². The minimum Gasteiger partial charge on any atom is -1.00 e. The van der Waals surface area contributed by atoms with E-state index in [1.807, 2.05) is 41.2 Å². The molecule has 126 valence electrons. The molecular formula is C21H17Cl2NO. The second-order valence-electron chi connectivity index (χ2n) is 5.51. The van der Waals surface area contributed by atoms with Crippen LogP contribution in [0.15, 0.2) is 85.2 Å². The van der Waals surface area contributed by atoms with Gasteiger partial charge in [-0.3, -0.25) is 4.79 Å². The monoisotopic (exact) mass is 369 g/mol. The Bertz CT molecular complexity index is 859. The molecule has 1 aromatic heterocycles. The standard InChI is InChI=1S/C21H17ClNO.ClH/c22-20-10-8-19(9-11-20)21(24)12-14-23-13-4-7-18(16-23)15-17-5-2-1-3-6-17;/h1-14,16H,15H2;1H/q+1;/p-1. The first-order chi connectivity index (χ1) is 11.7. The van der Waals surface area contributed by atoms with Crippen molar-refractivity contribution in [3.05, 3.63) is 107 Å². The topological polar surface area (TPSA) is 20.9 Å². The molecule has 0 fully saturated rings. The van der Waals surface area contributed by atoms with Gasteiger partial charge in [0, 0.05) is 28.6 Å². The zero-order chi connectivity index (χ0) is 16.8. The molecule has 0 spiro atoms. The van der Waals surface area contributed by atoms with E-state index < -0.39 is 0 Å². The number of aromatic nitrogens is 1. The fourth-order valence-electron chi connectivity index (χ4n) is 2.44. The molecule has 3 aromatic rings. The van der Waals surface area contributed by atoms with Gasteiger partial charge in [0.15, 0.2) is 24.4 Å². The van der Waals surface area contributed by atoms with Crippen LogP contribution < -0.4 is 17.0 Å². The lowest BCUT2D eigenvalue weighted by molar-refractivity contribution is -0.568. The van der Waals surface area contributed by atoms with Crippen molar-refractivity contribution in [1.82, 2.24) is 0 Å². The number of carbonyl (C=O) groups excluding carboxylic acids is 1. The van der Waals surface area contributed by atoms with Crippen molar-refractivity contribution in [2.45, 2.75) is 6.42 Å². The Morgan fingerprint density at radius 3 is 2.32 bits per heavy atom. The summed E-state index contributed by atoms with van der Waals surface area (Å²) in [5.41, 5.74) is 3.07. The Kier molecular flexibility index (Phi) is 6.93. The maximum Gasteiger partial charge on any atom is 0.191 e. The summed E-state index contributed by atoms with van der Waals surface area (Å²) in [7, 11) is 0. The first-order valence-electron chi connectivity index (χ1n) is 7.72. The zero-order valence-electron chi connectivity index (χ0n) is 13.5. The van der Waals surface area contributed by atoms with Crippen LogP contribution in [0.2, 0.25) is 5.02 Å². The van der Waals surface area contributed by atoms with Crippen molar-refractivity contribution in [3.63, 3.8) is 0 Å². The maximum absolute atomic E-state index is 12.2. The number of allylic oxidation sites excluding steroid dienone is 1. The largest absolute Gasteiger partial charge is 1.00 e. The van der Waals surface area contributed by atoms with E-state index in [1.54, 1.807) is 36.5 Å². The van der Waals surface area contributed by atoms with E-state index in [1.165, 1.54) is 11.1 Å². The Hall–Kier alpha value is -2.42. The van der Waals surface area contributed by atoms with Crippen LogP contribution in [-0.4, -0.2) is 5.78 Å². The summed E-state index contributed by atoms with van der Waals surface area (Å²) in [6, 6.07) is 21.3. The van der Waals surface area contributed by atoms with E-state index in [0.717, 1.165) is 6.42 Å². The molecule has 2 nitrogen and oxygen atoms in total. The molecule has 0 amide bonds. The van der Waals surface area contributed by atoms with E-state index in [4.69, 9.17) is 11.6 Å². The highest BCUT2D eigenvalue weighted by molar-refractivity contribution is 6.30. The average molecular weight is 370 g/mol. The van der Waals surface area contributed by atoms with Crippen LogP contribution in [-0.2, 0) is 6.42 Å². The van der Waals surface area contributed by atoms with Crippen LogP contribution in [0.25, 0.3) is 6.20 Å². The van der Waals surface area contributed by atoms with Crippen molar-refractivity contribution in [2.24, 2.45) is 0 Å². The summed E-state index contributed by atoms with van der Waals surface area (Å²) >= 11 is 5.84. The number of nitrogens with zero attached hydrogens (tertiary/aromatic N) is 1. The zero-order valence-corrected chi connectivity index (χ0v) is 15.0. The molecule has 0 aliphatic carbocycles. The molecule has 2 aromatic carbocycles. The summed E-state index contributed by atoms with van der Waals surface area (Å²) in [5.74, 6) is -0.0485. The van der Waals surface area contributed by atoms with Gasteiger partial charge in [-0.1, -0.05) is 41.9 Å². The molecular weight excluding hydrogens is 353 g/mol. The molecule has 0 bridgehead atoms. The summed E-state index contributed by atoms with van der Waals surface area (Å²) in [4.78, 5) is 12.2. The second-order valence-corrected chi connectivity index (χ2v) is 5.95. The molecule has 0 unspecified atom stereocenters. The van der Waals surface area contributed by atoms with Gasteiger partial charge >= 0.3 is 0 Å². The first kappa shape index (κ1) is 18.9. The van der Waals surface area contributed by atoms with Gasteiger partial charge in [0.05, 0.1) is 6.08 Å². The number of hydrogen-bond acceptors (Lipinski definition) is 1. The van der Waals surface area contributed by atoms with Gasteiger partial charge in [0.1, 0.15) is 0 Å². The van der Waals surface area contributed by atoms with E-state index in [2.05, 4.69) is 18.2 Å². The van der Waals surface area contributed by atoms with Crippen LogP contribution in [0.3, 0.4) is 0 Å². The van der Waals surface area contributed by atoms with Crippen molar-refractivity contribution in [1.29, 1.82) is 0 Å². The fraction of sp³-hybridized carbons (Fsp3) is 0.0476. The van der Waals surface area contributed by atoms with Gasteiger partial charge in [-0.15, -0.1) is 0 Å². The maximum atomic E-state index is 12.2. The third kappa shape index (κ3) is 5.56. The fourth-order valence-corrected chi connectivity index (χ4v) is 2.56. The number of carbonyl (C=O) groups is 1. The van der Waals surface area contributed by atoms with Gasteiger partial charge < -0.3 is 12.4 Å². The summed E-state index contributed by atoms with van der Waals surface area (Å²) in [6.07, 6.45) is 8.14. The van der Waals surface area contributed by atoms with Crippen molar-refractivity contribution in [3.8, 4) is 0 Å². The molecule has 0 saturated heterocycles. The van der Waals surface area contributed by atoms with Crippen LogP contribution >= 0.6 is 11.6 Å². The summed E-state index contributed by atoms with van der Waals surface area (Å²) in [6.45, 7) is 0. The summed E-state index contributed by atoms with van der Waals surface area (Å²) < 4.78 is 1.89. The normalized spacial score (nSPS) is 10.4. The van der Waals surface area contributed by atoms with Crippen molar-refractivity contribution < 1.29 is 21.8 Å². The number of rotatable bonds is 5. The molecule has 3 rings (SSSR count). The SMILES string of the molecule is O=C(C=C[n+]1cccc(Cc2ccccc2)c1)c1ccc(Cl)cc1.[Cl-]. The van der Waals surface area contributed by atoms with Gasteiger partial charge in [0.2, 0.25) is 0 Å². The molecule has 0 radical (unpaired) electrons. The highest BCUT2D eigenvalue weighted by Crippen LogP contribution is 2.10. The third-order valence-electron chi connectivity index (χ3n) is 3.66. The quantitative estimate of drug-likeness (QED) is 0.380. The number of halogens is 2. The molecule has 0 saturated carbocycles. The lowest BCUT2D eigenvalue weighted by Crippen LogP contribution is -3.00. The Morgan fingerprint density at radius 1 is 0.920 bits per heavy atom. The minimum atomic E-state index is -0.0485. The molecule has 0 N–H and O–H groups in total. The average Bonchev–Trinajstić information content (AvgIpc) is 2.61. The Morgan fingerprint density at radius 2 is 1.60 bits per heavy atom. The molecule has 0 aliphatic rings. The molecule has 0 atom stereocenters. The minimum absolute atomic E-state index is 0. The van der Waals surface area contributed by atoms with E-state index >= 15 is 0 Å². The van der Waals surface area contributed by atoms with Gasteiger partial charge in [0.25, 0.3) is 0 Å². The first-order valence-corrected chi connectivity index (χ1v) is 8.10. The predicted octanol–water partition coefficient (Wildman–Crippen LogP) is 1.58. The predicted molar refractivity (Wildman–Crippen MR) is 97.0 cm³/mol. The molecule has 1 heterocycles. The molecule has 25 heavy (non-hydrogen) atoms. The Labute approximate surface area is 158 Å². The van der Waals surface area contributed by atoms with Gasteiger partial charge in [-0.05, 0) is 35.9 Å². The van der Waals surface area contributed by atoms with Crippen LogP contribution in [0.1, 0.15) is 21.5 Å². The van der Waals surface area contributed by atoms with Gasteiger partial charge in [-0.2, -0.15) is 4.57 Å². The third-order valence-corrected chi connectivity index (χ3v) is 3.91. The number of benzene rings is 2. The van der Waals surface area contributed by atoms with Crippen LogP contribution in [0.4, 0.5) is 0 Å². The van der Waals surface area contributed by atoms with E-state index in [-0.39, 0.29) is 18.2 Å². The lowest BCUT2D eigenvalue weighted by atomic mass is 10.1. The second kappa shape index (κ2) is 9.16. The number of ketones is 1. The highest BCUT2D eigenvalue weighted by atomic mass is 35.5. The van der Waals surface area contributed by atoms with Crippen LogP contribution in [0, 0.1) is 0 Å². The van der Waals surface area contributed by atoms with Gasteiger partial charge in [-0.25, -0.2) is 0 Å². The van der Waals surface area contributed by atoms with E-state index in [0.29, 0.717) is 10.6 Å². The Balaban J connectivity index is 0.00000225. The highest BCUT2D eigenvalue weighted by Gasteiger charge is 2.05. The molecule has 4 heteroatoms. The van der Waals surface area contributed by atoms with Crippen molar-refractivity contribution >= 4 is 23.6 Å². The number of pyridine rings is 1. The smallest absolute Gasteiger partial charge is 0.191 e. The van der Waals surface area contributed by atoms with Crippen LogP contribution in [0.5, 0.6) is 0 Å².